The third-order valence-corrected chi connectivity index (χ3v) is 5.14. The van der Waals surface area contributed by atoms with Crippen molar-refractivity contribution in [1.29, 1.82) is 0 Å². The van der Waals surface area contributed by atoms with E-state index < -0.39 is 0 Å². The van der Waals surface area contributed by atoms with Crippen molar-refractivity contribution in [2.45, 2.75) is 38.2 Å². The second kappa shape index (κ2) is 8.46. The van der Waals surface area contributed by atoms with Crippen LogP contribution in [0, 0.1) is 5.92 Å². The van der Waals surface area contributed by atoms with Crippen LogP contribution < -0.4 is 10.2 Å². The van der Waals surface area contributed by atoms with Crippen LogP contribution in [-0.4, -0.2) is 44.8 Å². The molecule has 3 rings (SSSR count). The van der Waals surface area contributed by atoms with Gasteiger partial charge in [0.2, 0.25) is 0 Å². The highest BCUT2D eigenvalue weighted by atomic mass is 16.5. The standard InChI is InChI=1S/C19H28N2O2/c22-19(20-14-18-7-4-12-23-18)15-21-10-8-17(9-11-21)13-16-5-2-1-3-6-16/h1-3,5-6,17-18H,4,7-15H2,(H,20,22)/p+1/t18-/m0/s1. The number of carbonyl (C=O) groups excluding carboxylic acids is 1. The molecule has 126 valence electrons. The Balaban J connectivity index is 1.33. The van der Waals surface area contributed by atoms with E-state index in [9.17, 15) is 4.79 Å². The van der Waals surface area contributed by atoms with Crippen LogP contribution in [0.1, 0.15) is 31.2 Å². The molecule has 0 unspecified atom stereocenters. The molecule has 0 aromatic heterocycles. The third kappa shape index (κ3) is 5.33. The lowest BCUT2D eigenvalue weighted by atomic mass is 9.90. The Labute approximate surface area is 139 Å². The number of hydrogen-bond donors (Lipinski definition) is 2. The smallest absolute Gasteiger partial charge is 0.275 e. The fourth-order valence-electron chi connectivity index (χ4n) is 3.74. The summed E-state index contributed by atoms with van der Waals surface area (Å²) in [4.78, 5) is 13.5. The number of hydrogen-bond acceptors (Lipinski definition) is 2. The molecule has 1 aromatic carbocycles. The van der Waals surface area contributed by atoms with Crippen molar-refractivity contribution in [1.82, 2.24) is 5.32 Å². The van der Waals surface area contributed by atoms with Gasteiger partial charge < -0.3 is 15.0 Å². The van der Waals surface area contributed by atoms with Gasteiger partial charge in [0.1, 0.15) is 0 Å². The Morgan fingerprint density at radius 1 is 1.17 bits per heavy atom. The fraction of sp³-hybridized carbons (Fsp3) is 0.632. The molecule has 1 aromatic rings. The summed E-state index contributed by atoms with van der Waals surface area (Å²) in [6.45, 7) is 4.38. The molecule has 23 heavy (non-hydrogen) atoms. The van der Waals surface area contributed by atoms with Gasteiger partial charge in [-0.25, -0.2) is 0 Å². The predicted octanol–water partition coefficient (Wildman–Crippen LogP) is 0.819. The van der Waals surface area contributed by atoms with Crippen molar-refractivity contribution in [3.8, 4) is 0 Å². The number of rotatable bonds is 6. The molecule has 0 spiro atoms. The quantitative estimate of drug-likeness (QED) is 0.816. The highest BCUT2D eigenvalue weighted by molar-refractivity contribution is 5.76. The van der Waals surface area contributed by atoms with Crippen molar-refractivity contribution in [2.75, 3.05) is 32.8 Å². The van der Waals surface area contributed by atoms with E-state index in [1.807, 2.05) is 0 Å². The Morgan fingerprint density at radius 2 is 1.96 bits per heavy atom. The summed E-state index contributed by atoms with van der Waals surface area (Å²) in [7, 11) is 0. The van der Waals surface area contributed by atoms with Gasteiger partial charge in [0, 0.05) is 13.2 Å². The van der Waals surface area contributed by atoms with Crippen molar-refractivity contribution >= 4 is 5.91 Å². The Hall–Kier alpha value is -1.39. The molecule has 2 fully saturated rings. The zero-order valence-electron chi connectivity index (χ0n) is 13.9. The number of carbonyl (C=O) groups is 1. The Bertz CT molecular complexity index is 477. The highest BCUT2D eigenvalue weighted by Crippen LogP contribution is 2.16. The molecule has 2 aliphatic heterocycles. The normalized spacial score (nSPS) is 27.7. The minimum atomic E-state index is 0.178. The van der Waals surface area contributed by atoms with Gasteiger partial charge in [-0.05, 0) is 43.6 Å². The van der Waals surface area contributed by atoms with Gasteiger partial charge in [-0.1, -0.05) is 30.3 Å². The Kier molecular flexibility index (Phi) is 6.06. The number of nitrogens with one attached hydrogen (secondary N) is 2. The minimum absolute atomic E-state index is 0.178. The number of likely N-dealkylation sites (tertiary alicyclic amines) is 1. The largest absolute Gasteiger partial charge is 0.376 e. The maximum Gasteiger partial charge on any atom is 0.275 e. The zero-order valence-corrected chi connectivity index (χ0v) is 13.9. The molecule has 4 nitrogen and oxygen atoms in total. The van der Waals surface area contributed by atoms with Gasteiger partial charge in [-0.2, -0.15) is 0 Å². The van der Waals surface area contributed by atoms with Crippen LogP contribution in [0.4, 0.5) is 0 Å². The average Bonchev–Trinajstić information content (AvgIpc) is 3.09. The monoisotopic (exact) mass is 317 g/mol. The first-order valence-corrected chi connectivity index (χ1v) is 9.05. The topological polar surface area (TPSA) is 42.8 Å². The molecule has 4 heteroatoms. The molecular formula is C19H29N2O2+. The van der Waals surface area contributed by atoms with Crippen LogP contribution in [0.5, 0.6) is 0 Å². The van der Waals surface area contributed by atoms with Crippen LogP contribution in [-0.2, 0) is 16.0 Å². The molecular weight excluding hydrogens is 288 g/mol. The van der Waals surface area contributed by atoms with E-state index in [-0.39, 0.29) is 12.0 Å². The van der Waals surface area contributed by atoms with E-state index in [4.69, 9.17) is 4.74 Å². The molecule has 0 saturated carbocycles. The first-order chi connectivity index (χ1) is 11.3. The van der Waals surface area contributed by atoms with E-state index in [0.717, 1.165) is 38.5 Å². The van der Waals surface area contributed by atoms with Gasteiger partial charge in [-0.3, -0.25) is 4.79 Å². The molecule has 0 bridgehead atoms. The lowest BCUT2D eigenvalue weighted by Gasteiger charge is -2.29. The molecule has 2 N–H and O–H groups in total. The molecule has 0 aliphatic carbocycles. The minimum Gasteiger partial charge on any atom is -0.376 e. The molecule has 2 aliphatic rings. The second-order valence-corrected chi connectivity index (χ2v) is 7.00. The van der Waals surface area contributed by atoms with Crippen molar-refractivity contribution in [2.24, 2.45) is 5.92 Å². The van der Waals surface area contributed by atoms with Crippen molar-refractivity contribution < 1.29 is 14.4 Å². The van der Waals surface area contributed by atoms with E-state index >= 15 is 0 Å². The van der Waals surface area contributed by atoms with Gasteiger partial charge in [0.05, 0.1) is 19.2 Å². The summed E-state index contributed by atoms with van der Waals surface area (Å²) < 4.78 is 5.54. The lowest BCUT2D eigenvalue weighted by Crippen LogP contribution is -3.14. The van der Waals surface area contributed by atoms with Gasteiger partial charge in [-0.15, -0.1) is 0 Å². The van der Waals surface area contributed by atoms with E-state index in [2.05, 4.69) is 35.6 Å². The van der Waals surface area contributed by atoms with Crippen molar-refractivity contribution in [3.05, 3.63) is 35.9 Å². The molecule has 0 radical (unpaired) electrons. The van der Waals surface area contributed by atoms with Crippen LogP contribution in [0.2, 0.25) is 0 Å². The number of piperidine rings is 1. The molecule has 2 heterocycles. The predicted molar refractivity (Wildman–Crippen MR) is 90.4 cm³/mol. The summed E-state index contributed by atoms with van der Waals surface area (Å²) in [5, 5.41) is 3.04. The lowest BCUT2D eigenvalue weighted by molar-refractivity contribution is -0.898. The van der Waals surface area contributed by atoms with Crippen LogP contribution >= 0.6 is 0 Å². The number of amides is 1. The summed E-state index contributed by atoms with van der Waals surface area (Å²) in [6, 6.07) is 10.8. The first-order valence-electron chi connectivity index (χ1n) is 9.05. The summed E-state index contributed by atoms with van der Waals surface area (Å²) in [6.07, 6.45) is 6.08. The molecule has 2 saturated heterocycles. The SMILES string of the molecule is O=C(C[NH+]1CCC(Cc2ccccc2)CC1)NC[C@@H]1CCCO1. The highest BCUT2D eigenvalue weighted by Gasteiger charge is 2.24. The third-order valence-electron chi connectivity index (χ3n) is 5.14. The summed E-state index contributed by atoms with van der Waals surface area (Å²) >= 11 is 0. The van der Waals surface area contributed by atoms with Crippen LogP contribution in [0.15, 0.2) is 30.3 Å². The van der Waals surface area contributed by atoms with Gasteiger partial charge in [0.15, 0.2) is 6.54 Å². The van der Waals surface area contributed by atoms with Crippen LogP contribution in [0.25, 0.3) is 0 Å². The maximum absolute atomic E-state index is 12.1. The molecule has 1 amide bonds. The first kappa shape index (κ1) is 16.5. The van der Waals surface area contributed by atoms with Crippen LogP contribution in [0.3, 0.4) is 0 Å². The van der Waals surface area contributed by atoms with Gasteiger partial charge >= 0.3 is 0 Å². The van der Waals surface area contributed by atoms with E-state index in [0.29, 0.717) is 13.1 Å². The average molecular weight is 317 g/mol. The maximum atomic E-state index is 12.1. The van der Waals surface area contributed by atoms with E-state index in [1.165, 1.54) is 29.7 Å². The zero-order chi connectivity index (χ0) is 15.9. The second-order valence-electron chi connectivity index (χ2n) is 7.00. The summed E-state index contributed by atoms with van der Waals surface area (Å²) in [5.41, 5.74) is 1.44. The van der Waals surface area contributed by atoms with Gasteiger partial charge in [0.25, 0.3) is 5.91 Å². The van der Waals surface area contributed by atoms with Crippen molar-refractivity contribution in [3.63, 3.8) is 0 Å². The number of quaternary nitrogens is 1. The van der Waals surface area contributed by atoms with E-state index in [1.54, 1.807) is 0 Å². The Morgan fingerprint density at radius 3 is 2.65 bits per heavy atom. The fourth-order valence-corrected chi connectivity index (χ4v) is 3.74. The molecule has 1 atom stereocenters. The number of ether oxygens (including phenoxy) is 1. The summed E-state index contributed by atoms with van der Waals surface area (Å²) in [5.74, 6) is 0.952. The number of benzene rings is 1.